The Bertz CT molecular complexity index is 532. The summed E-state index contributed by atoms with van der Waals surface area (Å²) >= 11 is 5.99. The lowest BCUT2D eigenvalue weighted by atomic mass is 10.2. The van der Waals surface area contributed by atoms with Gasteiger partial charge in [-0.1, -0.05) is 31.5 Å². The Labute approximate surface area is 126 Å². The van der Waals surface area contributed by atoms with Gasteiger partial charge in [-0.05, 0) is 50.3 Å². The van der Waals surface area contributed by atoms with Gasteiger partial charge in [0, 0.05) is 28.7 Å². The van der Waals surface area contributed by atoms with E-state index >= 15 is 0 Å². The van der Waals surface area contributed by atoms with Gasteiger partial charge in [0.25, 0.3) is 0 Å². The summed E-state index contributed by atoms with van der Waals surface area (Å²) in [6.07, 6.45) is 3.26. The number of H-pyrrole nitrogens is 1. The zero-order valence-electron chi connectivity index (χ0n) is 12.4. The standard InChI is InChI=1S/C16H24ClN3/c1-3-20(4-2)9-5-8-18-11-13-12-19-16-10-14(17)6-7-15(13)16/h6-7,10,12,18-19H,3-5,8-9,11H2,1-2H3. The molecule has 0 aliphatic carbocycles. The predicted octanol–water partition coefficient (Wildman–Crippen LogP) is 3.64. The lowest BCUT2D eigenvalue weighted by Crippen LogP contribution is -2.27. The zero-order valence-corrected chi connectivity index (χ0v) is 13.1. The fourth-order valence-electron chi connectivity index (χ4n) is 2.50. The molecular formula is C16H24ClN3. The van der Waals surface area contributed by atoms with Crippen molar-refractivity contribution in [3.8, 4) is 0 Å². The maximum Gasteiger partial charge on any atom is 0.0472 e. The van der Waals surface area contributed by atoms with Crippen molar-refractivity contribution in [1.82, 2.24) is 15.2 Å². The van der Waals surface area contributed by atoms with Crippen LogP contribution in [0.1, 0.15) is 25.8 Å². The normalized spacial score (nSPS) is 11.6. The molecule has 0 bridgehead atoms. The van der Waals surface area contributed by atoms with Crippen LogP contribution in [0.3, 0.4) is 0 Å². The quantitative estimate of drug-likeness (QED) is 0.728. The Morgan fingerprint density at radius 1 is 1.25 bits per heavy atom. The number of benzene rings is 1. The minimum absolute atomic E-state index is 0.776. The fraction of sp³-hybridized carbons (Fsp3) is 0.500. The van der Waals surface area contributed by atoms with Gasteiger partial charge < -0.3 is 15.2 Å². The first-order chi connectivity index (χ1) is 9.74. The highest BCUT2D eigenvalue weighted by molar-refractivity contribution is 6.31. The average molecular weight is 294 g/mol. The van der Waals surface area contributed by atoms with Gasteiger partial charge in [0.2, 0.25) is 0 Å². The Morgan fingerprint density at radius 3 is 2.80 bits per heavy atom. The highest BCUT2D eigenvalue weighted by Crippen LogP contribution is 2.21. The first-order valence-electron chi connectivity index (χ1n) is 7.43. The lowest BCUT2D eigenvalue weighted by Gasteiger charge is -2.17. The number of hydrogen-bond donors (Lipinski definition) is 2. The van der Waals surface area contributed by atoms with E-state index in [0.29, 0.717) is 0 Å². The number of aromatic nitrogens is 1. The van der Waals surface area contributed by atoms with E-state index in [1.165, 1.54) is 23.9 Å². The fourth-order valence-corrected chi connectivity index (χ4v) is 2.67. The second-order valence-corrected chi connectivity index (χ2v) is 5.50. The van der Waals surface area contributed by atoms with Crippen molar-refractivity contribution < 1.29 is 0 Å². The Balaban J connectivity index is 1.79. The van der Waals surface area contributed by atoms with Crippen molar-refractivity contribution in [2.45, 2.75) is 26.8 Å². The molecule has 0 saturated carbocycles. The molecule has 0 unspecified atom stereocenters. The highest BCUT2D eigenvalue weighted by Gasteiger charge is 2.04. The molecule has 3 nitrogen and oxygen atoms in total. The molecule has 1 aromatic heterocycles. The van der Waals surface area contributed by atoms with Crippen LogP contribution >= 0.6 is 11.6 Å². The maximum absolute atomic E-state index is 5.99. The van der Waals surface area contributed by atoms with Crippen LogP contribution < -0.4 is 5.32 Å². The zero-order chi connectivity index (χ0) is 14.4. The van der Waals surface area contributed by atoms with Gasteiger partial charge >= 0.3 is 0 Å². The van der Waals surface area contributed by atoms with Gasteiger partial charge in [-0.15, -0.1) is 0 Å². The number of fused-ring (bicyclic) bond motifs is 1. The Morgan fingerprint density at radius 2 is 2.05 bits per heavy atom. The highest BCUT2D eigenvalue weighted by atomic mass is 35.5. The first kappa shape index (κ1) is 15.4. The van der Waals surface area contributed by atoms with Crippen LogP contribution in [0.25, 0.3) is 10.9 Å². The van der Waals surface area contributed by atoms with Gasteiger partial charge in [-0.2, -0.15) is 0 Å². The van der Waals surface area contributed by atoms with Crippen molar-refractivity contribution in [2.75, 3.05) is 26.2 Å². The van der Waals surface area contributed by atoms with Gasteiger partial charge in [-0.25, -0.2) is 0 Å². The van der Waals surface area contributed by atoms with E-state index in [1.54, 1.807) is 0 Å². The number of hydrogen-bond acceptors (Lipinski definition) is 2. The van der Waals surface area contributed by atoms with Crippen molar-refractivity contribution in [3.05, 3.63) is 35.0 Å². The number of rotatable bonds is 8. The van der Waals surface area contributed by atoms with Crippen molar-refractivity contribution in [3.63, 3.8) is 0 Å². The van der Waals surface area contributed by atoms with Crippen LogP contribution in [0.5, 0.6) is 0 Å². The van der Waals surface area contributed by atoms with Crippen LogP contribution in [0, 0.1) is 0 Å². The lowest BCUT2D eigenvalue weighted by molar-refractivity contribution is 0.298. The van der Waals surface area contributed by atoms with Crippen molar-refractivity contribution in [1.29, 1.82) is 0 Å². The number of nitrogens with one attached hydrogen (secondary N) is 2. The van der Waals surface area contributed by atoms with E-state index in [9.17, 15) is 0 Å². The molecule has 0 spiro atoms. The molecule has 0 fully saturated rings. The smallest absolute Gasteiger partial charge is 0.0472 e. The van der Waals surface area contributed by atoms with Crippen LogP contribution in [0.2, 0.25) is 5.02 Å². The summed E-state index contributed by atoms with van der Waals surface area (Å²) in [4.78, 5) is 5.73. The van der Waals surface area contributed by atoms with E-state index in [1.807, 2.05) is 12.1 Å². The van der Waals surface area contributed by atoms with Crippen molar-refractivity contribution >= 4 is 22.5 Å². The van der Waals surface area contributed by atoms with Crippen LogP contribution in [-0.2, 0) is 6.54 Å². The average Bonchev–Trinajstić information content (AvgIpc) is 2.85. The van der Waals surface area contributed by atoms with E-state index in [-0.39, 0.29) is 0 Å². The molecule has 0 radical (unpaired) electrons. The molecule has 0 atom stereocenters. The van der Waals surface area contributed by atoms with E-state index in [0.717, 1.165) is 36.7 Å². The molecule has 1 aromatic carbocycles. The summed E-state index contributed by atoms with van der Waals surface area (Å²) in [7, 11) is 0. The molecule has 4 heteroatoms. The summed E-state index contributed by atoms with van der Waals surface area (Å²) in [5.74, 6) is 0. The van der Waals surface area contributed by atoms with E-state index in [4.69, 9.17) is 11.6 Å². The van der Waals surface area contributed by atoms with Gasteiger partial charge in [-0.3, -0.25) is 0 Å². The molecule has 0 aliphatic rings. The third-order valence-corrected chi connectivity index (χ3v) is 4.00. The predicted molar refractivity (Wildman–Crippen MR) is 87.4 cm³/mol. The molecule has 1 heterocycles. The number of nitrogens with zero attached hydrogens (tertiary/aromatic N) is 1. The van der Waals surface area contributed by atoms with Gasteiger partial charge in [0.1, 0.15) is 0 Å². The van der Waals surface area contributed by atoms with Crippen LogP contribution in [-0.4, -0.2) is 36.1 Å². The SMILES string of the molecule is CCN(CC)CCCNCc1c[nH]c2cc(Cl)ccc12. The monoisotopic (exact) mass is 293 g/mol. The second kappa shape index (κ2) is 7.67. The molecule has 110 valence electrons. The van der Waals surface area contributed by atoms with Gasteiger partial charge in [0.05, 0.1) is 0 Å². The third kappa shape index (κ3) is 3.98. The summed E-state index contributed by atoms with van der Waals surface area (Å²) in [6.45, 7) is 9.83. The van der Waals surface area contributed by atoms with Crippen molar-refractivity contribution in [2.24, 2.45) is 0 Å². The second-order valence-electron chi connectivity index (χ2n) is 5.06. The molecule has 2 N–H and O–H groups in total. The molecule has 2 rings (SSSR count). The minimum Gasteiger partial charge on any atom is -0.361 e. The van der Waals surface area contributed by atoms with Gasteiger partial charge in [0.15, 0.2) is 0 Å². The summed E-state index contributed by atoms with van der Waals surface area (Å²) in [6, 6.07) is 6.00. The van der Waals surface area contributed by atoms with Crippen LogP contribution in [0.4, 0.5) is 0 Å². The molecule has 20 heavy (non-hydrogen) atoms. The molecule has 0 amide bonds. The molecular weight excluding hydrogens is 270 g/mol. The van der Waals surface area contributed by atoms with E-state index in [2.05, 4.69) is 41.3 Å². The van der Waals surface area contributed by atoms with Crippen LogP contribution in [0.15, 0.2) is 24.4 Å². The largest absolute Gasteiger partial charge is 0.361 e. The summed E-state index contributed by atoms with van der Waals surface area (Å²) in [5, 5.41) is 5.55. The molecule has 2 aromatic rings. The topological polar surface area (TPSA) is 31.1 Å². The summed E-state index contributed by atoms with van der Waals surface area (Å²) in [5.41, 5.74) is 2.41. The first-order valence-corrected chi connectivity index (χ1v) is 7.81. The number of halogens is 1. The number of aromatic amines is 1. The molecule has 0 saturated heterocycles. The Kier molecular flexibility index (Phi) is 5.89. The minimum atomic E-state index is 0.776. The van der Waals surface area contributed by atoms with E-state index < -0.39 is 0 Å². The Hall–Kier alpha value is -1.03. The molecule has 0 aliphatic heterocycles. The third-order valence-electron chi connectivity index (χ3n) is 3.77. The maximum atomic E-state index is 5.99. The summed E-state index contributed by atoms with van der Waals surface area (Å²) < 4.78 is 0.